The van der Waals surface area contributed by atoms with Crippen LogP contribution in [0.1, 0.15) is 29.8 Å². The van der Waals surface area contributed by atoms with Crippen LogP contribution < -0.4 is 0 Å². The second-order valence-electron chi connectivity index (χ2n) is 5.62. The molecule has 1 saturated carbocycles. The fourth-order valence-corrected chi connectivity index (χ4v) is 4.25. The van der Waals surface area contributed by atoms with Gasteiger partial charge < -0.3 is 10.2 Å². The molecule has 0 radical (unpaired) electrons. The van der Waals surface area contributed by atoms with Gasteiger partial charge in [0.05, 0.1) is 12.2 Å². The Labute approximate surface area is 101 Å². The van der Waals surface area contributed by atoms with E-state index in [2.05, 4.69) is 12.2 Å². The molecule has 1 aromatic carbocycles. The quantitative estimate of drug-likeness (QED) is 0.668. The molecule has 2 bridgehead atoms. The van der Waals surface area contributed by atoms with E-state index in [1.165, 1.54) is 0 Å². The maximum absolute atomic E-state index is 10.5. The molecule has 2 N–H and O–H groups in total. The minimum atomic E-state index is -0.403. The van der Waals surface area contributed by atoms with Crippen LogP contribution in [0.5, 0.6) is 0 Å². The molecule has 17 heavy (non-hydrogen) atoms. The minimum absolute atomic E-state index is 0.217. The topological polar surface area (TPSA) is 40.5 Å². The smallest absolute Gasteiger partial charge is 0.0831 e. The van der Waals surface area contributed by atoms with Crippen molar-refractivity contribution in [3.8, 4) is 0 Å². The van der Waals surface area contributed by atoms with E-state index >= 15 is 0 Å². The molecule has 0 spiro atoms. The normalized spacial score (nSPS) is 45.8. The third-order valence-corrected chi connectivity index (χ3v) is 4.95. The monoisotopic (exact) mass is 228 g/mol. The summed E-state index contributed by atoms with van der Waals surface area (Å²) in [4.78, 5) is 0. The summed E-state index contributed by atoms with van der Waals surface area (Å²) in [6.45, 7) is 0. The summed E-state index contributed by atoms with van der Waals surface area (Å²) < 4.78 is 0. The van der Waals surface area contributed by atoms with Gasteiger partial charge >= 0.3 is 0 Å². The Morgan fingerprint density at radius 2 is 1.29 bits per heavy atom. The van der Waals surface area contributed by atoms with E-state index in [4.69, 9.17) is 0 Å². The summed E-state index contributed by atoms with van der Waals surface area (Å²) in [6.07, 6.45) is 4.77. The lowest BCUT2D eigenvalue weighted by atomic mass is 9.68. The maximum atomic E-state index is 10.5. The summed E-state index contributed by atoms with van der Waals surface area (Å²) in [5, 5.41) is 21.1. The molecule has 1 fully saturated rings. The van der Waals surface area contributed by atoms with Gasteiger partial charge in [-0.25, -0.2) is 0 Å². The van der Waals surface area contributed by atoms with Gasteiger partial charge in [0.15, 0.2) is 0 Å². The molecule has 3 aliphatic carbocycles. The Hall–Kier alpha value is -1.12. The van der Waals surface area contributed by atoms with Gasteiger partial charge in [0.25, 0.3) is 0 Å². The van der Waals surface area contributed by atoms with Gasteiger partial charge in [-0.3, -0.25) is 0 Å². The molecular weight excluding hydrogens is 212 g/mol. The van der Waals surface area contributed by atoms with Gasteiger partial charge in [0, 0.05) is 11.8 Å². The molecule has 0 saturated heterocycles. The van der Waals surface area contributed by atoms with Crippen molar-refractivity contribution in [2.24, 2.45) is 23.7 Å². The van der Waals surface area contributed by atoms with Crippen molar-refractivity contribution in [3.63, 3.8) is 0 Å². The van der Waals surface area contributed by atoms with Crippen molar-refractivity contribution in [2.75, 3.05) is 0 Å². The number of rotatable bonds is 0. The largest absolute Gasteiger partial charge is 0.388 e. The Morgan fingerprint density at radius 3 is 1.76 bits per heavy atom. The molecule has 88 valence electrons. The van der Waals surface area contributed by atoms with Crippen LogP contribution in [0.3, 0.4) is 0 Å². The zero-order valence-electron chi connectivity index (χ0n) is 9.53. The highest BCUT2D eigenvalue weighted by molar-refractivity contribution is 5.37. The van der Waals surface area contributed by atoms with E-state index in [1.807, 2.05) is 24.3 Å². The molecule has 2 nitrogen and oxygen atoms in total. The SMILES string of the molecule is O[C@@H]1c2ccccc2[C@H](O)[C@H]2[C@@H]1[C@H]1C=C[C@H]2C1. The maximum Gasteiger partial charge on any atom is 0.0831 e. The van der Waals surface area contributed by atoms with E-state index in [0.29, 0.717) is 11.8 Å². The van der Waals surface area contributed by atoms with Crippen LogP contribution in [0, 0.1) is 23.7 Å². The molecular formula is C15H16O2. The van der Waals surface area contributed by atoms with Crippen molar-refractivity contribution in [1.82, 2.24) is 0 Å². The van der Waals surface area contributed by atoms with Crippen LogP contribution in [0.15, 0.2) is 36.4 Å². The second-order valence-corrected chi connectivity index (χ2v) is 5.62. The summed E-state index contributed by atoms with van der Waals surface area (Å²) in [5.41, 5.74) is 1.87. The first kappa shape index (κ1) is 9.86. The van der Waals surface area contributed by atoms with E-state index in [0.717, 1.165) is 17.5 Å². The van der Waals surface area contributed by atoms with Crippen molar-refractivity contribution in [3.05, 3.63) is 47.5 Å². The van der Waals surface area contributed by atoms with Crippen LogP contribution >= 0.6 is 0 Å². The molecule has 1 aromatic rings. The molecule has 2 heteroatoms. The number of hydrogen-bond donors (Lipinski definition) is 2. The number of hydrogen-bond acceptors (Lipinski definition) is 2. The Kier molecular flexibility index (Phi) is 1.86. The van der Waals surface area contributed by atoms with Crippen LogP contribution in [0.2, 0.25) is 0 Å². The number of fused-ring (bicyclic) bond motifs is 6. The van der Waals surface area contributed by atoms with Crippen molar-refractivity contribution < 1.29 is 10.2 Å². The Balaban J connectivity index is 1.88. The van der Waals surface area contributed by atoms with Crippen LogP contribution in [-0.4, -0.2) is 10.2 Å². The molecule has 0 unspecified atom stereocenters. The van der Waals surface area contributed by atoms with E-state index in [-0.39, 0.29) is 11.8 Å². The molecule has 4 rings (SSSR count). The molecule has 0 heterocycles. The average molecular weight is 228 g/mol. The molecule has 6 atom stereocenters. The highest BCUT2D eigenvalue weighted by Crippen LogP contribution is 2.59. The highest BCUT2D eigenvalue weighted by atomic mass is 16.3. The average Bonchev–Trinajstić information content (AvgIpc) is 2.96. The predicted octanol–water partition coefficient (Wildman–Crippen LogP) is 2.21. The van der Waals surface area contributed by atoms with Gasteiger partial charge in [-0.15, -0.1) is 0 Å². The fourth-order valence-electron chi connectivity index (χ4n) is 4.25. The summed E-state index contributed by atoms with van der Waals surface area (Å²) in [5.74, 6) is 1.36. The first-order chi connectivity index (χ1) is 8.27. The number of allylic oxidation sites excluding steroid dienone is 2. The van der Waals surface area contributed by atoms with Crippen molar-refractivity contribution >= 4 is 0 Å². The third kappa shape index (κ3) is 1.12. The van der Waals surface area contributed by atoms with E-state index in [1.54, 1.807) is 0 Å². The lowest BCUT2D eigenvalue weighted by molar-refractivity contribution is -0.0209. The van der Waals surface area contributed by atoms with E-state index < -0.39 is 12.2 Å². The van der Waals surface area contributed by atoms with Crippen molar-refractivity contribution in [1.29, 1.82) is 0 Å². The lowest BCUT2D eigenvalue weighted by Gasteiger charge is -2.41. The van der Waals surface area contributed by atoms with Gasteiger partial charge in [-0.2, -0.15) is 0 Å². The number of aliphatic hydroxyl groups is 2. The van der Waals surface area contributed by atoms with Crippen molar-refractivity contribution in [2.45, 2.75) is 18.6 Å². The Bertz CT molecular complexity index is 450. The Morgan fingerprint density at radius 1 is 0.824 bits per heavy atom. The summed E-state index contributed by atoms with van der Waals surface area (Å²) >= 11 is 0. The fraction of sp³-hybridized carbons (Fsp3) is 0.467. The van der Waals surface area contributed by atoms with Gasteiger partial charge in [-0.1, -0.05) is 36.4 Å². The van der Waals surface area contributed by atoms with Gasteiger partial charge in [0.1, 0.15) is 0 Å². The zero-order chi connectivity index (χ0) is 11.6. The first-order valence-electron chi connectivity index (χ1n) is 6.40. The molecule has 3 aliphatic rings. The minimum Gasteiger partial charge on any atom is -0.388 e. The summed E-state index contributed by atoms with van der Waals surface area (Å²) in [6, 6.07) is 7.79. The van der Waals surface area contributed by atoms with Crippen LogP contribution in [0.25, 0.3) is 0 Å². The third-order valence-electron chi connectivity index (χ3n) is 4.95. The number of benzene rings is 1. The van der Waals surface area contributed by atoms with E-state index in [9.17, 15) is 10.2 Å². The van der Waals surface area contributed by atoms with Crippen LogP contribution in [0.4, 0.5) is 0 Å². The zero-order valence-corrected chi connectivity index (χ0v) is 9.53. The standard InChI is InChI=1S/C15H16O2/c16-14-10-3-1-2-4-11(10)15(17)13-9-6-5-8(7-9)12(13)14/h1-6,8-9,12-17H,7H2/t8-,9-,12-,13+,14+,15-/m0/s1. The lowest BCUT2D eigenvalue weighted by Crippen LogP contribution is -2.35. The predicted molar refractivity (Wildman–Crippen MR) is 64.1 cm³/mol. The number of aliphatic hydroxyl groups excluding tert-OH is 2. The first-order valence-corrected chi connectivity index (χ1v) is 6.40. The highest BCUT2D eigenvalue weighted by Gasteiger charge is 2.54. The molecule has 0 amide bonds. The van der Waals surface area contributed by atoms with Gasteiger partial charge in [-0.05, 0) is 29.4 Å². The van der Waals surface area contributed by atoms with Gasteiger partial charge in [0.2, 0.25) is 0 Å². The molecule has 0 aromatic heterocycles. The van der Waals surface area contributed by atoms with Crippen LogP contribution in [-0.2, 0) is 0 Å². The molecule has 0 aliphatic heterocycles. The summed E-state index contributed by atoms with van der Waals surface area (Å²) in [7, 11) is 0. The second kappa shape index (κ2) is 3.21.